The number of fused-ring (bicyclic) bond motifs is 1. The normalized spacial score (nSPS) is 14.1. The number of benzene rings is 1. The molecule has 3 rings (SSSR count). The number of nitrogen functional groups attached to an aromatic ring is 2. The Morgan fingerprint density at radius 2 is 2.13 bits per heavy atom. The molecule has 0 unspecified atom stereocenters. The Hall–Kier alpha value is -3.09. The molecule has 118 valence electrons. The summed E-state index contributed by atoms with van der Waals surface area (Å²) >= 11 is 0. The summed E-state index contributed by atoms with van der Waals surface area (Å²) in [6.07, 6.45) is 5.41. The molecule has 0 saturated heterocycles. The summed E-state index contributed by atoms with van der Waals surface area (Å²) in [5.74, 6) is 0.318. The number of hydrogen-bond donors (Lipinski definition) is 3. The molecular weight excluding hydrogens is 294 g/mol. The van der Waals surface area contributed by atoms with Crippen LogP contribution in [0, 0.1) is 0 Å². The summed E-state index contributed by atoms with van der Waals surface area (Å²) in [7, 11) is 1.79. The van der Waals surface area contributed by atoms with E-state index in [4.69, 9.17) is 16.2 Å². The van der Waals surface area contributed by atoms with Crippen LogP contribution in [-0.2, 0) is 4.79 Å². The lowest BCUT2D eigenvalue weighted by Gasteiger charge is -2.15. The van der Waals surface area contributed by atoms with Gasteiger partial charge in [0.1, 0.15) is 11.6 Å². The Balaban J connectivity index is 1.91. The molecule has 0 bridgehead atoms. The number of nitrogens with one attached hydrogen (secondary N) is 1. The van der Waals surface area contributed by atoms with E-state index in [1.54, 1.807) is 31.3 Å². The highest BCUT2D eigenvalue weighted by atomic mass is 16.5. The maximum atomic E-state index is 12.4. The van der Waals surface area contributed by atoms with Crippen molar-refractivity contribution in [1.29, 1.82) is 0 Å². The molecule has 0 atom stereocenters. The minimum absolute atomic E-state index is 0.107. The number of rotatable bonds is 3. The third-order valence-corrected chi connectivity index (χ3v) is 3.62. The van der Waals surface area contributed by atoms with E-state index in [2.05, 4.69) is 15.3 Å². The maximum absolute atomic E-state index is 12.4. The van der Waals surface area contributed by atoms with Crippen molar-refractivity contribution in [2.24, 2.45) is 0 Å². The first-order chi connectivity index (χ1) is 11.1. The second-order valence-electron chi connectivity index (χ2n) is 5.12. The van der Waals surface area contributed by atoms with Crippen LogP contribution in [0.2, 0.25) is 0 Å². The fraction of sp³-hybridized carbons (Fsp3) is 0.188. The maximum Gasteiger partial charge on any atom is 0.345 e. The van der Waals surface area contributed by atoms with Gasteiger partial charge in [-0.3, -0.25) is 0 Å². The van der Waals surface area contributed by atoms with Crippen molar-refractivity contribution in [1.82, 2.24) is 15.3 Å². The first-order valence-electron chi connectivity index (χ1n) is 7.21. The van der Waals surface area contributed by atoms with Gasteiger partial charge in [-0.15, -0.1) is 0 Å². The highest BCUT2D eigenvalue weighted by Gasteiger charge is 2.17. The fourth-order valence-corrected chi connectivity index (χ4v) is 2.49. The number of aromatic nitrogens is 2. The lowest BCUT2D eigenvalue weighted by molar-refractivity contribution is -0.129. The zero-order chi connectivity index (χ0) is 16.4. The van der Waals surface area contributed by atoms with Gasteiger partial charge >= 0.3 is 5.97 Å². The molecule has 2 aromatic rings. The van der Waals surface area contributed by atoms with Crippen LogP contribution in [0.5, 0.6) is 5.75 Å². The number of nitrogens with two attached hydrogens (primary N) is 2. The summed E-state index contributed by atoms with van der Waals surface area (Å²) in [4.78, 5) is 20.4. The number of carbonyl (C=O) groups is 1. The van der Waals surface area contributed by atoms with Crippen LogP contribution in [0.1, 0.15) is 12.8 Å². The molecule has 7 heteroatoms. The lowest BCUT2D eigenvalue weighted by atomic mass is 10.0. The average molecular weight is 311 g/mol. The zero-order valence-electron chi connectivity index (χ0n) is 12.7. The average Bonchev–Trinajstić information content (AvgIpc) is 2.55. The Kier molecular flexibility index (Phi) is 3.84. The molecule has 1 aromatic carbocycles. The molecule has 1 heterocycles. The molecule has 0 saturated carbocycles. The van der Waals surface area contributed by atoms with Crippen LogP contribution in [0.3, 0.4) is 0 Å². The minimum atomic E-state index is -0.417. The smallest absolute Gasteiger partial charge is 0.345 e. The summed E-state index contributed by atoms with van der Waals surface area (Å²) in [6.45, 7) is 0. The van der Waals surface area contributed by atoms with E-state index in [0.29, 0.717) is 22.2 Å². The summed E-state index contributed by atoms with van der Waals surface area (Å²) < 4.78 is 5.45. The third-order valence-electron chi connectivity index (χ3n) is 3.62. The number of allylic oxidation sites excluding steroid dienone is 2. The largest absolute Gasteiger partial charge is 0.423 e. The highest BCUT2D eigenvalue weighted by Crippen LogP contribution is 2.25. The van der Waals surface area contributed by atoms with E-state index >= 15 is 0 Å². The summed E-state index contributed by atoms with van der Waals surface area (Å²) in [5, 5.41) is 3.63. The monoisotopic (exact) mass is 311 g/mol. The highest BCUT2D eigenvalue weighted by molar-refractivity contribution is 5.95. The van der Waals surface area contributed by atoms with E-state index in [9.17, 15) is 4.79 Å². The molecule has 1 aliphatic carbocycles. The van der Waals surface area contributed by atoms with Crippen molar-refractivity contribution in [2.45, 2.75) is 12.8 Å². The second kappa shape index (κ2) is 5.96. The number of nitrogens with zero attached hydrogens (tertiary/aromatic N) is 2. The predicted molar refractivity (Wildman–Crippen MR) is 88.5 cm³/mol. The summed E-state index contributed by atoms with van der Waals surface area (Å²) in [5.41, 5.74) is 13.4. The Bertz CT molecular complexity index is 842. The van der Waals surface area contributed by atoms with Gasteiger partial charge in [0.05, 0.1) is 11.1 Å². The van der Waals surface area contributed by atoms with E-state index in [1.807, 2.05) is 6.08 Å². The molecule has 0 fully saturated rings. The molecular formula is C16H17N5O2. The van der Waals surface area contributed by atoms with Crippen LogP contribution in [0.25, 0.3) is 10.9 Å². The van der Waals surface area contributed by atoms with Gasteiger partial charge in [-0.05, 0) is 37.1 Å². The molecule has 0 amide bonds. The van der Waals surface area contributed by atoms with Gasteiger partial charge in [0, 0.05) is 18.1 Å². The third kappa shape index (κ3) is 2.94. The first-order valence-corrected chi connectivity index (χ1v) is 7.21. The summed E-state index contributed by atoms with van der Waals surface area (Å²) in [6, 6.07) is 4.98. The van der Waals surface area contributed by atoms with Gasteiger partial charge in [-0.1, -0.05) is 6.08 Å². The second-order valence-corrected chi connectivity index (χ2v) is 5.12. The number of anilines is 2. The van der Waals surface area contributed by atoms with Crippen LogP contribution in [0.15, 0.2) is 41.6 Å². The van der Waals surface area contributed by atoms with Gasteiger partial charge in [0.15, 0.2) is 0 Å². The van der Waals surface area contributed by atoms with E-state index in [-0.39, 0.29) is 11.8 Å². The topological polar surface area (TPSA) is 116 Å². The zero-order valence-corrected chi connectivity index (χ0v) is 12.7. The van der Waals surface area contributed by atoms with E-state index in [1.165, 1.54) is 0 Å². The van der Waals surface area contributed by atoms with E-state index in [0.717, 1.165) is 18.5 Å². The Labute approximate surface area is 133 Å². The minimum Gasteiger partial charge on any atom is -0.423 e. The quantitative estimate of drug-likeness (QED) is 0.581. The Morgan fingerprint density at radius 1 is 1.30 bits per heavy atom. The Morgan fingerprint density at radius 3 is 2.91 bits per heavy atom. The molecule has 23 heavy (non-hydrogen) atoms. The van der Waals surface area contributed by atoms with Crippen molar-refractivity contribution in [3.05, 3.63) is 41.6 Å². The first kappa shape index (κ1) is 14.8. The number of esters is 1. The van der Waals surface area contributed by atoms with Crippen molar-refractivity contribution >= 4 is 28.6 Å². The van der Waals surface area contributed by atoms with Gasteiger partial charge < -0.3 is 21.5 Å². The molecule has 5 N–H and O–H groups in total. The molecule has 0 aliphatic heterocycles. The number of carbonyl (C=O) groups excluding carboxylic acids is 1. The molecule has 1 aromatic heterocycles. The van der Waals surface area contributed by atoms with Crippen molar-refractivity contribution in [3.8, 4) is 5.75 Å². The predicted octanol–water partition coefficient (Wildman–Crippen LogP) is 1.52. The van der Waals surface area contributed by atoms with Crippen molar-refractivity contribution in [2.75, 3.05) is 18.5 Å². The van der Waals surface area contributed by atoms with Gasteiger partial charge in [0.2, 0.25) is 5.95 Å². The number of ether oxygens (including phenoxy) is 1. The standard InChI is InChI=1S/C16H17N5O2/c1-19-12-5-3-2-4-10(12)15(22)23-9-6-7-13-11(8-9)14(17)21-16(18)20-13/h2,4,6-8,19H,3,5H2,1H3,(H4,17,18,20,21). The van der Waals surface area contributed by atoms with Gasteiger partial charge in [-0.2, -0.15) is 4.98 Å². The van der Waals surface area contributed by atoms with Crippen molar-refractivity contribution < 1.29 is 9.53 Å². The fourth-order valence-electron chi connectivity index (χ4n) is 2.49. The molecule has 7 nitrogen and oxygen atoms in total. The van der Waals surface area contributed by atoms with Crippen LogP contribution < -0.4 is 21.5 Å². The van der Waals surface area contributed by atoms with E-state index < -0.39 is 5.97 Å². The molecule has 1 aliphatic rings. The van der Waals surface area contributed by atoms with Gasteiger partial charge in [-0.25, -0.2) is 9.78 Å². The van der Waals surface area contributed by atoms with Crippen LogP contribution in [-0.4, -0.2) is 23.0 Å². The lowest BCUT2D eigenvalue weighted by Crippen LogP contribution is -2.19. The molecule has 0 radical (unpaired) electrons. The van der Waals surface area contributed by atoms with Crippen LogP contribution in [0.4, 0.5) is 11.8 Å². The van der Waals surface area contributed by atoms with Crippen molar-refractivity contribution in [3.63, 3.8) is 0 Å². The van der Waals surface area contributed by atoms with Crippen LogP contribution >= 0.6 is 0 Å². The molecule has 0 spiro atoms. The van der Waals surface area contributed by atoms with Gasteiger partial charge in [0.25, 0.3) is 0 Å². The SMILES string of the molecule is CNC1=C(C(=O)Oc2ccc3nc(N)nc(N)c3c2)C=CCC1. The number of hydrogen-bond acceptors (Lipinski definition) is 7.